The molecule has 4 nitrogen and oxygen atoms in total. The van der Waals surface area contributed by atoms with E-state index in [4.69, 9.17) is 5.73 Å². The van der Waals surface area contributed by atoms with E-state index in [0.29, 0.717) is 0 Å². The van der Waals surface area contributed by atoms with Gasteiger partial charge in [-0.05, 0) is 26.1 Å². The lowest BCUT2D eigenvalue weighted by molar-refractivity contribution is 0.608. The highest BCUT2D eigenvalue weighted by molar-refractivity contribution is 5.52. The Morgan fingerprint density at radius 3 is 3.00 bits per heavy atom. The van der Waals surface area contributed by atoms with Gasteiger partial charge in [-0.3, -0.25) is 0 Å². The van der Waals surface area contributed by atoms with Crippen molar-refractivity contribution < 1.29 is 0 Å². The van der Waals surface area contributed by atoms with Crippen LogP contribution in [0.2, 0.25) is 0 Å². The van der Waals surface area contributed by atoms with E-state index in [2.05, 4.69) is 17.2 Å². The third kappa shape index (κ3) is 1.33. The maximum Gasteiger partial charge on any atom is 0.130 e. The minimum atomic E-state index is 0.222. The zero-order valence-corrected chi connectivity index (χ0v) is 8.36. The summed E-state index contributed by atoms with van der Waals surface area (Å²) in [6.07, 6.45) is 3.74. The molecule has 0 saturated carbocycles. The summed E-state index contributed by atoms with van der Waals surface area (Å²) in [7, 11) is 1.91. The van der Waals surface area contributed by atoms with Crippen LogP contribution in [0.1, 0.15) is 18.8 Å². The van der Waals surface area contributed by atoms with Gasteiger partial charge in [0.15, 0.2) is 0 Å². The fourth-order valence-corrected chi connectivity index (χ4v) is 1.48. The van der Waals surface area contributed by atoms with E-state index in [-0.39, 0.29) is 6.04 Å². The quantitative estimate of drug-likeness (QED) is 0.748. The molecule has 1 atom stereocenters. The van der Waals surface area contributed by atoms with Gasteiger partial charge in [0.2, 0.25) is 0 Å². The molecule has 74 valence electrons. The van der Waals surface area contributed by atoms with E-state index in [9.17, 15) is 0 Å². The Bertz CT molecular complexity index is 446. The molecule has 2 rings (SSSR count). The molecular weight excluding hydrogens is 176 g/mol. The lowest BCUT2D eigenvalue weighted by Gasteiger charge is -2.09. The fraction of sp³-hybridized carbons (Fsp3) is 0.300. The standard InChI is InChI=1S/C10H14N4/c1-7(12-2)10-13-5-9-4-3-8(11)6-14(9)10/h3-7,12H,11H2,1-2H3. The summed E-state index contributed by atoms with van der Waals surface area (Å²) in [6.45, 7) is 2.07. The van der Waals surface area contributed by atoms with Gasteiger partial charge < -0.3 is 15.5 Å². The van der Waals surface area contributed by atoms with Gasteiger partial charge in [-0.1, -0.05) is 0 Å². The number of pyridine rings is 1. The van der Waals surface area contributed by atoms with Crippen molar-refractivity contribution in [1.29, 1.82) is 0 Å². The lowest BCUT2D eigenvalue weighted by Crippen LogP contribution is -2.15. The van der Waals surface area contributed by atoms with Crippen molar-refractivity contribution >= 4 is 11.2 Å². The number of nitrogens with one attached hydrogen (secondary N) is 1. The first kappa shape index (κ1) is 9.02. The molecule has 0 saturated heterocycles. The molecule has 4 heteroatoms. The third-order valence-corrected chi connectivity index (χ3v) is 2.40. The Kier molecular flexibility index (Phi) is 2.13. The first-order valence-electron chi connectivity index (χ1n) is 4.62. The number of hydrogen-bond donors (Lipinski definition) is 2. The molecule has 0 fully saturated rings. The number of nitrogens with zero attached hydrogens (tertiary/aromatic N) is 2. The van der Waals surface area contributed by atoms with Crippen molar-refractivity contribution in [2.45, 2.75) is 13.0 Å². The highest BCUT2D eigenvalue weighted by Gasteiger charge is 2.09. The summed E-state index contributed by atoms with van der Waals surface area (Å²) in [6, 6.07) is 4.07. The molecule has 2 aromatic rings. The number of imidazole rings is 1. The predicted octanol–water partition coefficient (Wildman–Crippen LogP) is 1.20. The summed E-state index contributed by atoms with van der Waals surface area (Å²) in [4.78, 5) is 4.35. The van der Waals surface area contributed by atoms with Gasteiger partial charge in [-0.25, -0.2) is 4.98 Å². The molecule has 0 bridgehead atoms. The Labute approximate surface area is 82.8 Å². The number of fused-ring (bicyclic) bond motifs is 1. The number of nitrogens with two attached hydrogens (primary N) is 1. The Morgan fingerprint density at radius 2 is 2.29 bits per heavy atom. The second kappa shape index (κ2) is 3.31. The average molecular weight is 190 g/mol. The largest absolute Gasteiger partial charge is 0.398 e. The van der Waals surface area contributed by atoms with Crippen LogP contribution in [0.3, 0.4) is 0 Å². The first-order chi connectivity index (χ1) is 6.72. The molecule has 0 aliphatic rings. The van der Waals surface area contributed by atoms with Gasteiger partial charge in [-0.2, -0.15) is 0 Å². The average Bonchev–Trinajstić information content (AvgIpc) is 2.59. The maximum absolute atomic E-state index is 5.72. The second-order valence-electron chi connectivity index (χ2n) is 3.38. The van der Waals surface area contributed by atoms with Crippen LogP contribution in [0.5, 0.6) is 0 Å². The molecule has 14 heavy (non-hydrogen) atoms. The van der Waals surface area contributed by atoms with Gasteiger partial charge in [0.1, 0.15) is 5.82 Å². The molecule has 0 aliphatic carbocycles. The maximum atomic E-state index is 5.72. The highest BCUT2D eigenvalue weighted by Crippen LogP contribution is 2.15. The molecule has 1 unspecified atom stereocenters. The van der Waals surface area contributed by atoms with Crippen molar-refractivity contribution in [2.24, 2.45) is 0 Å². The smallest absolute Gasteiger partial charge is 0.130 e. The highest BCUT2D eigenvalue weighted by atomic mass is 15.1. The predicted molar refractivity (Wildman–Crippen MR) is 57.1 cm³/mol. The summed E-state index contributed by atoms with van der Waals surface area (Å²) < 4.78 is 2.01. The third-order valence-electron chi connectivity index (χ3n) is 2.40. The van der Waals surface area contributed by atoms with Crippen LogP contribution < -0.4 is 11.1 Å². The number of anilines is 1. The molecule has 0 radical (unpaired) electrons. The van der Waals surface area contributed by atoms with Crippen molar-refractivity contribution in [3.05, 3.63) is 30.4 Å². The minimum absolute atomic E-state index is 0.222. The van der Waals surface area contributed by atoms with Crippen LogP contribution in [0.4, 0.5) is 5.69 Å². The van der Waals surface area contributed by atoms with E-state index in [1.54, 1.807) is 0 Å². The molecule has 0 amide bonds. The van der Waals surface area contributed by atoms with E-state index in [1.165, 1.54) is 0 Å². The van der Waals surface area contributed by atoms with Crippen LogP contribution in [0.15, 0.2) is 24.5 Å². The van der Waals surface area contributed by atoms with E-state index in [0.717, 1.165) is 17.0 Å². The van der Waals surface area contributed by atoms with Gasteiger partial charge in [0, 0.05) is 11.9 Å². The molecule has 2 heterocycles. The molecule has 2 aromatic heterocycles. The Hall–Kier alpha value is -1.55. The molecule has 0 aliphatic heterocycles. The van der Waals surface area contributed by atoms with E-state index < -0.39 is 0 Å². The van der Waals surface area contributed by atoms with Crippen LogP contribution in [0, 0.1) is 0 Å². The van der Waals surface area contributed by atoms with E-state index >= 15 is 0 Å². The zero-order chi connectivity index (χ0) is 10.1. The summed E-state index contributed by atoms with van der Waals surface area (Å²) in [5.41, 5.74) is 7.54. The van der Waals surface area contributed by atoms with Gasteiger partial charge in [-0.15, -0.1) is 0 Å². The lowest BCUT2D eigenvalue weighted by atomic mass is 10.3. The molecular formula is C10H14N4. The van der Waals surface area contributed by atoms with Crippen molar-refractivity contribution in [2.75, 3.05) is 12.8 Å². The van der Waals surface area contributed by atoms with Gasteiger partial charge in [0.05, 0.1) is 17.8 Å². The fourth-order valence-electron chi connectivity index (χ4n) is 1.48. The first-order valence-corrected chi connectivity index (χ1v) is 4.62. The topological polar surface area (TPSA) is 55.3 Å². The second-order valence-corrected chi connectivity index (χ2v) is 3.38. The van der Waals surface area contributed by atoms with Crippen LogP contribution >= 0.6 is 0 Å². The van der Waals surface area contributed by atoms with E-state index in [1.807, 2.05) is 36.0 Å². The summed E-state index contributed by atoms with van der Waals surface area (Å²) in [5.74, 6) is 0.981. The van der Waals surface area contributed by atoms with Crippen LogP contribution in [-0.4, -0.2) is 16.4 Å². The van der Waals surface area contributed by atoms with Crippen LogP contribution in [-0.2, 0) is 0 Å². The molecule has 0 spiro atoms. The Balaban J connectivity index is 2.61. The zero-order valence-electron chi connectivity index (χ0n) is 8.36. The molecule has 3 N–H and O–H groups in total. The van der Waals surface area contributed by atoms with Crippen molar-refractivity contribution in [3.8, 4) is 0 Å². The minimum Gasteiger partial charge on any atom is -0.398 e. The number of aromatic nitrogens is 2. The SMILES string of the molecule is CNC(C)c1ncc2ccc(N)cn12. The van der Waals surface area contributed by atoms with Crippen molar-refractivity contribution in [1.82, 2.24) is 14.7 Å². The number of nitrogen functional groups attached to an aromatic ring is 1. The normalized spacial score (nSPS) is 13.3. The molecule has 0 aromatic carbocycles. The summed E-state index contributed by atoms with van der Waals surface area (Å²) >= 11 is 0. The van der Waals surface area contributed by atoms with Gasteiger partial charge in [0.25, 0.3) is 0 Å². The monoisotopic (exact) mass is 190 g/mol. The van der Waals surface area contributed by atoms with Crippen molar-refractivity contribution in [3.63, 3.8) is 0 Å². The number of hydrogen-bond acceptors (Lipinski definition) is 3. The van der Waals surface area contributed by atoms with Crippen LogP contribution in [0.25, 0.3) is 5.52 Å². The van der Waals surface area contributed by atoms with Gasteiger partial charge >= 0.3 is 0 Å². The summed E-state index contributed by atoms with van der Waals surface area (Å²) in [5, 5.41) is 3.15. The Morgan fingerprint density at radius 1 is 1.50 bits per heavy atom. The number of rotatable bonds is 2.